The van der Waals surface area contributed by atoms with Gasteiger partial charge in [0.05, 0.1) is 11.1 Å². The van der Waals surface area contributed by atoms with E-state index in [1.807, 2.05) is 32.0 Å². The van der Waals surface area contributed by atoms with Crippen molar-refractivity contribution >= 4 is 29.3 Å². The fourth-order valence-electron chi connectivity index (χ4n) is 3.24. The monoisotopic (exact) mass is 394 g/mol. The van der Waals surface area contributed by atoms with Gasteiger partial charge in [0.25, 0.3) is 0 Å². The summed E-state index contributed by atoms with van der Waals surface area (Å²) in [5, 5.41) is 2.82. The summed E-state index contributed by atoms with van der Waals surface area (Å²) in [5.74, 6) is 1.63. The Morgan fingerprint density at radius 3 is 2.69 bits per heavy atom. The molecule has 2 amide bonds. The van der Waals surface area contributed by atoms with Gasteiger partial charge in [-0.05, 0) is 49.8 Å². The summed E-state index contributed by atoms with van der Waals surface area (Å²) < 4.78 is 16.5. The standard InChI is InChI=1S/C22H22N2O5/c1-22(2)12-27-18-11-15(6-7-16(18)24(3)21(22)26)23-20(25)9-5-14-4-8-17-19(10-14)29-13-28-17/h4-11H,12-13H2,1-3H3,(H,23,25)/b9-5+. The molecule has 0 aliphatic carbocycles. The maximum absolute atomic E-state index is 12.5. The highest BCUT2D eigenvalue weighted by Gasteiger charge is 2.36. The van der Waals surface area contributed by atoms with Crippen LogP contribution in [0.1, 0.15) is 19.4 Å². The van der Waals surface area contributed by atoms with E-state index in [-0.39, 0.29) is 25.2 Å². The van der Waals surface area contributed by atoms with Crippen molar-refractivity contribution in [2.24, 2.45) is 5.41 Å². The minimum Gasteiger partial charge on any atom is -0.490 e. The molecular weight excluding hydrogens is 372 g/mol. The Hall–Kier alpha value is -3.48. The predicted octanol–water partition coefficient (Wildman–Crippen LogP) is 3.45. The van der Waals surface area contributed by atoms with E-state index in [0.29, 0.717) is 28.6 Å². The Morgan fingerprint density at radius 1 is 1.07 bits per heavy atom. The zero-order valence-corrected chi connectivity index (χ0v) is 16.5. The molecule has 2 aromatic rings. The zero-order chi connectivity index (χ0) is 20.6. The highest BCUT2D eigenvalue weighted by molar-refractivity contribution is 6.03. The van der Waals surface area contributed by atoms with E-state index in [4.69, 9.17) is 14.2 Å². The molecule has 2 heterocycles. The third-order valence-corrected chi connectivity index (χ3v) is 4.88. The first-order chi connectivity index (χ1) is 13.8. The molecule has 29 heavy (non-hydrogen) atoms. The molecule has 7 heteroatoms. The molecule has 1 N–H and O–H groups in total. The molecule has 150 valence electrons. The van der Waals surface area contributed by atoms with Gasteiger partial charge in [0.15, 0.2) is 11.5 Å². The van der Waals surface area contributed by atoms with Crippen molar-refractivity contribution in [3.05, 3.63) is 48.0 Å². The van der Waals surface area contributed by atoms with Crippen molar-refractivity contribution in [1.29, 1.82) is 0 Å². The number of anilines is 2. The van der Waals surface area contributed by atoms with Crippen LogP contribution in [0.4, 0.5) is 11.4 Å². The lowest BCUT2D eigenvalue weighted by Crippen LogP contribution is -2.39. The van der Waals surface area contributed by atoms with Gasteiger partial charge in [0.2, 0.25) is 18.6 Å². The molecule has 0 atom stereocenters. The maximum atomic E-state index is 12.5. The lowest BCUT2D eigenvalue weighted by Gasteiger charge is -2.24. The first-order valence-electron chi connectivity index (χ1n) is 9.27. The van der Waals surface area contributed by atoms with Crippen molar-refractivity contribution in [2.45, 2.75) is 13.8 Å². The van der Waals surface area contributed by atoms with Crippen molar-refractivity contribution in [1.82, 2.24) is 0 Å². The molecule has 7 nitrogen and oxygen atoms in total. The van der Waals surface area contributed by atoms with Crippen LogP contribution < -0.4 is 24.4 Å². The minimum atomic E-state index is -0.621. The maximum Gasteiger partial charge on any atom is 0.248 e. The van der Waals surface area contributed by atoms with Gasteiger partial charge in [0, 0.05) is 24.9 Å². The lowest BCUT2D eigenvalue weighted by atomic mass is 9.93. The molecule has 0 radical (unpaired) electrons. The Labute approximate surface area is 168 Å². The highest BCUT2D eigenvalue weighted by atomic mass is 16.7. The number of rotatable bonds is 3. The molecule has 0 saturated heterocycles. The Morgan fingerprint density at radius 2 is 1.86 bits per heavy atom. The highest BCUT2D eigenvalue weighted by Crippen LogP contribution is 2.37. The summed E-state index contributed by atoms with van der Waals surface area (Å²) in [5.41, 5.74) is 1.47. The summed E-state index contributed by atoms with van der Waals surface area (Å²) in [7, 11) is 1.73. The van der Waals surface area contributed by atoms with Crippen LogP contribution in [0.3, 0.4) is 0 Å². The summed E-state index contributed by atoms with van der Waals surface area (Å²) in [6.45, 7) is 4.18. The molecule has 4 rings (SSSR count). The van der Waals surface area contributed by atoms with E-state index in [1.165, 1.54) is 6.08 Å². The lowest BCUT2D eigenvalue weighted by molar-refractivity contribution is -0.127. The van der Waals surface area contributed by atoms with Crippen molar-refractivity contribution in [3.8, 4) is 17.2 Å². The molecule has 0 saturated carbocycles. The van der Waals surface area contributed by atoms with Crippen LogP contribution in [-0.2, 0) is 9.59 Å². The van der Waals surface area contributed by atoms with E-state index < -0.39 is 5.41 Å². The third-order valence-electron chi connectivity index (χ3n) is 4.88. The number of hydrogen-bond donors (Lipinski definition) is 1. The van der Waals surface area contributed by atoms with Crippen LogP contribution in [0.5, 0.6) is 17.2 Å². The van der Waals surface area contributed by atoms with Crippen LogP contribution in [0.15, 0.2) is 42.5 Å². The van der Waals surface area contributed by atoms with E-state index in [2.05, 4.69) is 5.32 Å². The SMILES string of the molecule is CN1C(=O)C(C)(C)COc2cc(NC(=O)/C=C/c3ccc4c(c3)OCO4)ccc21. The fourth-order valence-corrected chi connectivity index (χ4v) is 3.24. The molecule has 0 bridgehead atoms. The van der Waals surface area contributed by atoms with Crippen LogP contribution >= 0.6 is 0 Å². The number of amides is 2. The summed E-state index contributed by atoms with van der Waals surface area (Å²) in [6.07, 6.45) is 3.15. The number of benzene rings is 2. The smallest absolute Gasteiger partial charge is 0.248 e. The summed E-state index contributed by atoms with van der Waals surface area (Å²) >= 11 is 0. The first-order valence-corrected chi connectivity index (χ1v) is 9.27. The van der Waals surface area contributed by atoms with E-state index >= 15 is 0 Å². The molecule has 0 fully saturated rings. The second-order valence-corrected chi connectivity index (χ2v) is 7.65. The average molecular weight is 394 g/mol. The van der Waals surface area contributed by atoms with Crippen LogP contribution in [0.25, 0.3) is 6.08 Å². The van der Waals surface area contributed by atoms with E-state index in [9.17, 15) is 9.59 Å². The summed E-state index contributed by atoms with van der Waals surface area (Å²) in [6, 6.07) is 10.7. The number of hydrogen-bond acceptors (Lipinski definition) is 5. The van der Waals surface area contributed by atoms with Gasteiger partial charge in [-0.3, -0.25) is 9.59 Å². The second-order valence-electron chi connectivity index (χ2n) is 7.65. The van der Waals surface area contributed by atoms with Gasteiger partial charge >= 0.3 is 0 Å². The first kappa shape index (κ1) is 18.9. The van der Waals surface area contributed by atoms with Crippen LogP contribution in [0, 0.1) is 5.41 Å². The molecule has 2 aliphatic rings. The molecule has 2 aliphatic heterocycles. The second kappa shape index (κ2) is 7.16. The average Bonchev–Trinajstić information content (AvgIpc) is 3.15. The number of nitrogens with one attached hydrogen (secondary N) is 1. The van der Waals surface area contributed by atoms with E-state index in [0.717, 1.165) is 5.56 Å². The minimum absolute atomic E-state index is 0.0142. The van der Waals surface area contributed by atoms with Crippen molar-refractivity contribution in [2.75, 3.05) is 30.7 Å². The number of fused-ring (bicyclic) bond motifs is 2. The Bertz CT molecular complexity index is 1010. The van der Waals surface area contributed by atoms with Gasteiger partial charge in [-0.15, -0.1) is 0 Å². The Kier molecular flexibility index (Phi) is 4.66. The number of ether oxygens (including phenoxy) is 3. The molecule has 0 unspecified atom stereocenters. The van der Waals surface area contributed by atoms with Crippen molar-refractivity contribution < 1.29 is 23.8 Å². The molecule has 2 aromatic carbocycles. The van der Waals surface area contributed by atoms with Gasteiger partial charge in [-0.1, -0.05) is 6.07 Å². The molecular formula is C22H22N2O5. The van der Waals surface area contributed by atoms with E-state index in [1.54, 1.807) is 36.2 Å². The molecule has 0 aromatic heterocycles. The van der Waals surface area contributed by atoms with Crippen LogP contribution in [-0.4, -0.2) is 32.3 Å². The Balaban J connectivity index is 1.47. The largest absolute Gasteiger partial charge is 0.490 e. The summed E-state index contributed by atoms with van der Waals surface area (Å²) in [4.78, 5) is 26.4. The van der Waals surface area contributed by atoms with Gasteiger partial charge in [-0.25, -0.2) is 0 Å². The van der Waals surface area contributed by atoms with Gasteiger partial charge in [-0.2, -0.15) is 0 Å². The predicted molar refractivity (Wildman–Crippen MR) is 109 cm³/mol. The number of carbonyl (C=O) groups excluding carboxylic acids is 2. The van der Waals surface area contributed by atoms with Gasteiger partial charge < -0.3 is 24.4 Å². The zero-order valence-electron chi connectivity index (χ0n) is 16.5. The van der Waals surface area contributed by atoms with Crippen molar-refractivity contribution in [3.63, 3.8) is 0 Å². The quantitative estimate of drug-likeness (QED) is 0.807. The number of carbonyl (C=O) groups is 2. The number of nitrogens with zero attached hydrogens (tertiary/aromatic N) is 1. The third kappa shape index (κ3) is 3.76. The van der Waals surface area contributed by atoms with Gasteiger partial charge in [0.1, 0.15) is 12.4 Å². The topological polar surface area (TPSA) is 77.1 Å². The fraction of sp³-hybridized carbons (Fsp3) is 0.273. The molecule has 0 spiro atoms. The van der Waals surface area contributed by atoms with Crippen LogP contribution in [0.2, 0.25) is 0 Å². The normalized spacial score (nSPS) is 16.9.